The van der Waals surface area contributed by atoms with Gasteiger partial charge in [-0.25, -0.2) is 10.8 Å². The minimum Gasteiger partial charge on any atom is -0.300 e. The summed E-state index contributed by atoms with van der Waals surface area (Å²) in [5.74, 6) is 6.88. The first kappa shape index (κ1) is 6.86. The van der Waals surface area contributed by atoms with Crippen LogP contribution in [0.5, 0.6) is 0 Å². The molecule has 2 unspecified atom stereocenters. The molecule has 2 atom stereocenters. The molecule has 1 aromatic heterocycles. The van der Waals surface area contributed by atoms with Gasteiger partial charge in [-0.1, -0.05) is 0 Å². The van der Waals surface area contributed by atoms with E-state index in [4.69, 9.17) is 5.84 Å². The number of nitrogens with two attached hydrogens (primary N) is 1. The normalized spacial score (nSPS) is 30.8. The zero-order valence-electron chi connectivity index (χ0n) is 6.71. The summed E-state index contributed by atoms with van der Waals surface area (Å²) in [5, 5.41) is 0.886. The summed E-state index contributed by atoms with van der Waals surface area (Å²) in [6, 6.07) is 0. The molecule has 1 heterocycles. The molecule has 1 saturated carbocycles. The molecular weight excluding hydrogens is 170 g/mol. The summed E-state index contributed by atoms with van der Waals surface area (Å²) >= 11 is 1.74. The molecule has 0 radical (unpaired) electrons. The van der Waals surface area contributed by atoms with Gasteiger partial charge in [0.1, 0.15) is 0 Å². The molecule has 0 spiro atoms. The molecule has 0 saturated heterocycles. The van der Waals surface area contributed by atoms with Crippen molar-refractivity contribution in [1.82, 2.24) is 4.98 Å². The zero-order valence-corrected chi connectivity index (χ0v) is 7.53. The number of thiazole rings is 1. The molecule has 2 bridgehead atoms. The Labute approximate surface area is 75.0 Å². The van der Waals surface area contributed by atoms with Crippen LogP contribution in [0.3, 0.4) is 0 Å². The lowest BCUT2D eigenvalue weighted by Crippen LogP contribution is -2.06. The van der Waals surface area contributed by atoms with Gasteiger partial charge in [-0.3, -0.25) is 5.43 Å². The van der Waals surface area contributed by atoms with Crippen LogP contribution in [0.1, 0.15) is 41.7 Å². The third-order valence-corrected chi connectivity index (χ3v) is 4.16. The predicted molar refractivity (Wildman–Crippen MR) is 49.3 cm³/mol. The van der Waals surface area contributed by atoms with Crippen LogP contribution in [-0.2, 0) is 0 Å². The number of anilines is 1. The Morgan fingerprint density at radius 1 is 1.42 bits per heavy atom. The van der Waals surface area contributed by atoms with Gasteiger partial charge in [0.05, 0.1) is 5.69 Å². The number of hydrogen-bond donors (Lipinski definition) is 2. The number of rotatable bonds is 1. The largest absolute Gasteiger partial charge is 0.300 e. The maximum atomic E-state index is 5.32. The van der Waals surface area contributed by atoms with Gasteiger partial charge in [-0.2, -0.15) is 0 Å². The van der Waals surface area contributed by atoms with Gasteiger partial charge in [0.15, 0.2) is 5.13 Å². The van der Waals surface area contributed by atoms with E-state index in [1.54, 1.807) is 11.3 Å². The smallest absolute Gasteiger partial charge is 0.197 e. The van der Waals surface area contributed by atoms with Crippen LogP contribution in [0.15, 0.2) is 0 Å². The highest BCUT2D eigenvalue weighted by Gasteiger charge is 2.39. The van der Waals surface area contributed by atoms with E-state index < -0.39 is 0 Å². The fraction of sp³-hybridized carbons (Fsp3) is 0.625. The van der Waals surface area contributed by atoms with Crippen molar-refractivity contribution >= 4 is 16.5 Å². The molecular formula is C8H11N3S. The summed E-state index contributed by atoms with van der Waals surface area (Å²) in [5.41, 5.74) is 3.97. The van der Waals surface area contributed by atoms with E-state index in [0.717, 1.165) is 17.0 Å². The highest BCUT2D eigenvalue weighted by Crippen LogP contribution is 2.55. The number of hydrogen-bond acceptors (Lipinski definition) is 4. The zero-order chi connectivity index (χ0) is 8.13. The molecule has 3 N–H and O–H groups in total. The summed E-state index contributed by atoms with van der Waals surface area (Å²) in [7, 11) is 0. The SMILES string of the molecule is NNc1nc2c(s1)C1CCC2C1. The number of nitrogens with one attached hydrogen (secondary N) is 1. The van der Waals surface area contributed by atoms with Crippen LogP contribution in [0.2, 0.25) is 0 Å². The third kappa shape index (κ3) is 0.716. The molecule has 0 amide bonds. The van der Waals surface area contributed by atoms with Crippen LogP contribution in [0.4, 0.5) is 5.13 Å². The Kier molecular flexibility index (Phi) is 1.26. The van der Waals surface area contributed by atoms with E-state index in [0.29, 0.717) is 0 Å². The summed E-state index contributed by atoms with van der Waals surface area (Å²) in [4.78, 5) is 5.97. The second-order valence-corrected chi connectivity index (χ2v) is 4.65. The molecule has 3 nitrogen and oxygen atoms in total. The standard InChI is InChI=1S/C8H11N3S/c9-11-8-10-6-4-1-2-5(3-4)7(6)12-8/h4-5H,1-3,9H2,(H,10,11). The topological polar surface area (TPSA) is 50.9 Å². The van der Waals surface area contributed by atoms with Crippen molar-refractivity contribution in [3.8, 4) is 0 Å². The first-order valence-electron chi connectivity index (χ1n) is 4.35. The van der Waals surface area contributed by atoms with Crippen molar-refractivity contribution in [2.75, 3.05) is 5.43 Å². The Balaban J connectivity index is 2.10. The van der Waals surface area contributed by atoms with E-state index in [1.807, 2.05) is 0 Å². The summed E-state index contributed by atoms with van der Waals surface area (Å²) < 4.78 is 0. The predicted octanol–water partition coefficient (Wildman–Crippen LogP) is 1.79. The Morgan fingerprint density at radius 3 is 3.00 bits per heavy atom. The van der Waals surface area contributed by atoms with Crippen molar-refractivity contribution in [1.29, 1.82) is 0 Å². The first-order chi connectivity index (χ1) is 5.88. The lowest BCUT2D eigenvalue weighted by atomic mass is 10.0. The van der Waals surface area contributed by atoms with E-state index in [-0.39, 0.29) is 0 Å². The van der Waals surface area contributed by atoms with Gasteiger partial charge in [0.2, 0.25) is 0 Å². The minimum absolute atomic E-state index is 0.753. The van der Waals surface area contributed by atoms with Crippen molar-refractivity contribution in [2.45, 2.75) is 31.1 Å². The molecule has 3 rings (SSSR count). The van der Waals surface area contributed by atoms with Gasteiger partial charge in [0.25, 0.3) is 0 Å². The van der Waals surface area contributed by atoms with Gasteiger partial charge < -0.3 is 0 Å². The Hall–Kier alpha value is -0.610. The average molecular weight is 181 g/mol. The third-order valence-electron chi connectivity index (χ3n) is 2.99. The van der Waals surface area contributed by atoms with Crippen molar-refractivity contribution in [3.63, 3.8) is 0 Å². The maximum Gasteiger partial charge on any atom is 0.197 e. The van der Waals surface area contributed by atoms with E-state index in [9.17, 15) is 0 Å². The van der Waals surface area contributed by atoms with E-state index >= 15 is 0 Å². The number of nitrogen functional groups attached to an aromatic ring is 1. The lowest BCUT2D eigenvalue weighted by molar-refractivity contribution is 0.709. The molecule has 2 aliphatic rings. The Morgan fingerprint density at radius 2 is 2.25 bits per heavy atom. The molecule has 4 heteroatoms. The van der Waals surface area contributed by atoms with Gasteiger partial charge in [-0.15, -0.1) is 11.3 Å². The fourth-order valence-electron chi connectivity index (χ4n) is 2.46. The van der Waals surface area contributed by atoms with E-state index in [1.165, 1.54) is 29.8 Å². The highest BCUT2D eigenvalue weighted by atomic mass is 32.1. The van der Waals surface area contributed by atoms with Gasteiger partial charge in [0, 0.05) is 10.8 Å². The number of hydrazine groups is 1. The molecule has 1 fully saturated rings. The number of nitrogens with zero attached hydrogens (tertiary/aromatic N) is 1. The minimum atomic E-state index is 0.753. The number of aromatic nitrogens is 1. The van der Waals surface area contributed by atoms with Crippen LogP contribution >= 0.6 is 11.3 Å². The first-order valence-corrected chi connectivity index (χ1v) is 5.17. The molecule has 64 valence electrons. The van der Waals surface area contributed by atoms with Crippen LogP contribution < -0.4 is 11.3 Å². The fourth-order valence-corrected chi connectivity index (χ4v) is 3.57. The molecule has 12 heavy (non-hydrogen) atoms. The monoisotopic (exact) mass is 181 g/mol. The van der Waals surface area contributed by atoms with Crippen molar-refractivity contribution in [2.24, 2.45) is 5.84 Å². The molecule has 2 aliphatic carbocycles. The highest BCUT2D eigenvalue weighted by molar-refractivity contribution is 7.15. The molecule has 0 aromatic carbocycles. The quantitative estimate of drug-likeness (QED) is 0.513. The second kappa shape index (κ2) is 2.20. The second-order valence-electron chi connectivity index (χ2n) is 3.62. The van der Waals surface area contributed by atoms with Crippen LogP contribution in [-0.4, -0.2) is 4.98 Å². The molecule has 1 aromatic rings. The lowest BCUT2D eigenvalue weighted by Gasteiger charge is -2.06. The van der Waals surface area contributed by atoms with Crippen molar-refractivity contribution in [3.05, 3.63) is 10.6 Å². The van der Waals surface area contributed by atoms with Crippen LogP contribution in [0, 0.1) is 0 Å². The summed E-state index contributed by atoms with van der Waals surface area (Å²) in [6.45, 7) is 0. The van der Waals surface area contributed by atoms with Gasteiger partial charge >= 0.3 is 0 Å². The Bertz CT molecular complexity index is 293. The average Bonchev–Trinajstić information content (AvgIpc) is 2.75. The molecule has 0 aliphatic heterocycles. The maximum absolute atomic E-state index is 5.32. The van der Waals surface area contributed by atoms with Gasteiger partial charge in [-0.05, 0) is 25.2 Å². The number of fused-ring (bicyclic) bond motifs is 5. The van der Waals surface area contributed by atoms with Crippen molar-refractivity contribution < 1.29 is 0 Å². The van der Waals surface area contributed by atoms with E-state index in [2.05, 4.69) is 10.4 Å². The summed E-state index contributed by atoms with van der Waals surface area (Å²) in [6.07, 6.45) is 4.05. The van der Waals surface area contributed by atoms with Crippen LogP contribution in [0.25, 0.3) is 0 Å².